The number of nitrogens with zero attached hydrogens (tertiary/aromatic N) is 1. The van der Waals surface area contributed by atoms with Gasteiger partial charge in [0.05, 0.1) is 16.3 Å². The van der Waals surface area contributed by atoms with E-state index in [-0.39, 0.29) is 6.61 Å². The molecule has 0 aliphatic rings. The van der Waals surface area contributed by atoms with Crippen molar-refractivity contribution in [2.45, 2.75) is 0 Å². The zero-order valence-electron chi connectivity index (χ0n) is 16.8. The molecule has 4 rings (SSSR count). The monoisotopic (exact) mass is 464 g/mol. The van der Waals surface area contributed by atoms with Crippen molar-refractivity contribution in [1.82, 2.24) is 5.43 Å². The summed E-state index contributed by atoms with van der Waals surface area (Å²) in [5, 5.41) is 4.78. The predicted molar refractivity (Wildman–Crippen MR) is 127 cm³/mol. The summed E-state index contributed by atoms with van der Waals surface area (Å²) in [6.45, 7) is -0.178. The maximum absolute atomic E-state index is 12.2. The van der Waals surface area contributed by atoms with Crippen LogP contribution >= 0.6 is 23.2 Å². The van der Waals surface area contributed by atoms with E-state index in [0.29, 0.717) is 32.9 Å². The van der Waals surface area contributed by atoms with E-state index in [2.05, 4.69) is 10.5 Å². The van der Waals surface area contributed by atoms with Gasteiger partial charge in [0.25, 0.3) is 5.91 Å². The lowest BCUT2D eigenvalue weighted by Gasteiger charge is -2.10. The van der Waals surface area contributed by atoms with E-state index in [4.69, 9.17) is 32.4 Å². The Bertz CT molecular complexity index is 1250. The number of hydrogen-bond donors (Lipinski definition) is 1. The molecular weight excluding hydrogens is 447 g/mol. The molecule has 1 aromatic heterocycles. The molecule has 0 fully saturated rings. The van der Waals surface area contributed by atoms with E-state index >= 15 is 0 Å². The number of halogens is 2. The molecule has 4 aromatic rings. The highest BCUT2D eigenvalue weighted by atomic mass is 35.5. The van der Waals surface area contributed by atoms with Gasteiger partial charge in [0.2, 0.25) is 0 Å². The van der Waals surface area contributed by atoms with Crippen LogP contribution in [0.15, 0.2) is 94.4 Å². The quantitative estimate of drug-likeness (QED) is 0.252. The van der Waals surface area contributed by atoms with Gasteiger partial charge in [-0.2, -0.15) is 5.10 Å². The van der Waals surface area contributed by atoms with E-state index in [0.717, 1.165) is 11.1 Å². The van der Waals surface area contributed by atoms with Gasteiger partial charge in [-0.05, 0) is 35.9 Å². The van der Waals surface area contributed by atoms with Gasteiger partial charge in [0.15, 0.2) is 6.61 Å². The minimum atomic E-state index is -0.395. The number of rotatable bonds is 7. The van der Waals surface area contributed by atoms with E-state index in [9.17, 15) is 4.79 Å². The van der Waals surface area contributed by atoms with Gasteiger partial charge in [-0.3, -0.25) is 4.79 Å². The van der Waals surface area contributed by atoms with Crippen molar-refractivity contribution in [2.75, 3.05) is 6.61 Å². The Labute approximate surface area is 195 Å². The van der Waals surface area contributed by atoms with E-state index in [1.807, 2.05) is 54.6 Å². The number of ether oxygens (including phenoxy) is 1. The third-order valence-corrected chi connectivity index (χ3v) is 5.37. The molecule has 3 aromatic carbocycles. The average Bonchev–Trinajstić information content (AvgIpc) is 3.29. The highest BCUT2D eigenvalue weighted by Crippen LogP contribution is 2.34. The van der Waals surface area contributed by atoms with Crippen LogP contribution in [0.1, 0.15) is 5.76 Å². The second-order valence-electron chi connectivity index (χ2n) is 6.75. The summed E-state index contributed by atoms with van der Waals surface area (Å²) in [5.41, 5.74) is 5.02. The smallest absolute Gasteiger partial charge is 0.277 e. The largest absolute Gasteiger partial charge is 0.483 e. The van der Waals surface area contributed by atoms with E-state index in [1.54, 1.807) is 30.3 Å². The highest BCUT2D eigenvalue weighted by Gasteiger charge is 2.11. The van der Waals surface area contributed by atoms with Gasteiger partial charge in [-0.1, -0.05) is 77.8 Å². The molecule has 1 heterocycles. The van der Waals surface area contributed by atoms with Gasteiger partial charge >= 0.3 is 0 Å². The van der Waals surface area contributed by atoms with Crippen molar-refractivity contribution in [3.63, 3.8) is 0 Å². The van der Waals surface area contributed by atoms with Crippen LogP contribution in [-0.4, -0.2) is 18.7 Å². The van der Waals surface area contributed by atoms with Crippen LogP contribution in [0, 0.1) is 0 Å². The van der Waals surface area contributed by atoms with Crippen LogP contribution in [-0.2, 0) is 4.79 Å². The third-order valence-electron chi connectivity index (χ3n) is 4.56. The maximum atomic E-state index is 12.2. The lowest BCUT2D eigenvalue weighted by molar-refractivity contribution is -0.123. The Morgan fingerprint density at radius 3 is 2.50 bits per heavy atom. The van der Waals surface area contributed by atoms with Crippen LogP contribution in [0.2, 0.25) is 10.0 Å². The summed E-state index contributed by atoms with van der Waals surface area (Å²) in [6.07, 6.45) is 1.40. The number of hydrazone groups is 1. The first-order chi connectivity index (χ1) is 15.6. The van der Waals surface area contributed by atoms with Crippen LogP contribution in [0.4, 0.5) is 0 Å². The Kier molecular flexibility index (Phi) is 6.90. The topological polar surface area (TPSA) is 63.8 Å². The van der Waals surface area contributed by atoms with Crippen LogP contribution in [0.25, 0.3) is 22.5 Å². The summed E-state index contributed by atoms with van der Waals surface area (Å²) < 4.78 is 11.4. The highest BCUT2D eigenvalue weighted by molar-refractivity contribution is 6.43. The summed E-state index contributed by atoms with van der Waals surface area (Å²) in [7, 11) is 0. The molecule has 0 atom stereocenters. The minimum Gasteiger partial charge on any atom is -0.483 e. The molecule has 0 spiro atoms. The number of carbonyl (C=O) groups is 1. The fourth-order valence-electron chi connectivity index (χ4n) is 3.05. The first-order valence-corrected chi connectivity index (χ1v) is 10.5. The normalized spacial score (nSPS) is 10.9. The summed E-state index contributed by atoms with van der Waals surface area (Å²) >= 11 is 12.3. The molecule has 0 bridgehead atoms. The zero-order chi connectivity index (χ0) is 22.3. The second-order valence-corrected chi connectivity index (χ2v) is 7.53. The van der Waals surface area contributed by atoms with Gasteiger partial charge < -0.3 is 9.15 Å². The molecule has 0 unspecified atom stereocenters. The Hall–Kier alpha value is -3.54. The van der Waals surface area contributed by atoms with E-state index < -0.39 is 5.91 Å². The maximum Gasteiger partial charge on any atom is 0.277 e. The number of para-hydroxylation sites is 1. The van der Waals surface area contributed by atoms with Crippen molar-refractivity contribution in [3.8, 4) is 28.2 Å². The summed E-state index contributed by atoms with van der Waals surface area (Å²) in [5.74, 6) is 1.22. The Morgan fingerprint density at radius 1 is 0.906 bits per heavy atom. The molecule has 0 saturated carbocycles. The number of carbonyl (C=O) groups excluding carboxylic acids is 1. The Morgan fingerprint density at radius 2 is 1.66 bits per heavy atom. The van der Waals surface area contributed by atoms with E-state index in [1.165, 1.54) is 6.21 Å². The molecule has 32 heavy (non-hydrogen) atoms. The minimum absolute atomic E-state index is 0.178. The summed E-state index contributed by atoms with van der Waals surface area (Å²) in [6, 6.07) is 26.1. The van der Waals surface area contributed by atoms with Crippen molar-refractivity contribution in [1.29, 1.82) is 0 Å². The lowest BCUT2D eigenvalue weighted by atomic mass is 10.1. The SMILES string of the molecule is O=C(COc1ccccc1-c1ccccc1)N/N=C/c1ccc(-c2cccc(Cl)c2Cl)o1. The molecule has 0 aliphatic carbocycles. The molecule has 7 heteroatoms. The molecule has 1 amide bonds. The number of benzene rings is 3. The molecule has 5 nitrogen and oxygen atoms in total. The van der Waals surface area contributed by atoms with Crippen molar-refractivity contribution in [2.24, 2.45) is 5.10 Å². The van der Waals surface area contributed by atoms with Crippen molar-refractivity contribution in [3.05, 3.63) is 101 Å². The standard InChI is InChI=1S/C25H18Cl2N2O3/c26-21-11-6-10-20(25(21)27)23-14-13-18(32-23)15-28-29-24(30)16-31-22-12-5-4-9-19(22)17-7-2-1-3-8-17/h1-15H,16H2,(H,29,30)/b28-15+. The molecule has 0 radical (unpaired) electrons. The number of furan rings is 1. The lowest BCUT2D eigenvalue weighted by Crippen LogP contribution is -2.24. The third kappa shape index (κ3) is 5.19. The average molecular weight is 465 g/mol. The fraction of sp³-hybridized carbons (Fsp3) is 0.0400. The van der Waals surface area contributed by atoms with Crippen molar-refractivity contribution >= 4 is 35.3 Å². The van der Waals surface area contributed by atoms with Crippen LogP contribution in [0.3, 0.4) is 0 Å². The Balaban J connectivity index is 1.35. The molecular formula is C25H18Cl2N2O3. The van der Waals surface area contributed by atoms with Gasteiger partial charge in [0, 0.05) is 11.1 Å². The molecule has 0 aliphatic heterocycles. The predicted octanol–water partition coefficient (Wildman–Crippen LogP) is 6.45. The van der Waals surface area contributed by atoms with Gasteiger partial charge in [-0.15, -0.1) is 0 Å². The molecule has 160 valence electrons. The zero-order valence-corrected chi connectivity index (χ0v) is 18.3. The number of hydrogen-bond acceptors (Lipinski definition) is 4. The summed E-state index contributed by atoms with van der Waals surface area (Å²) in [4.78, 5) is 12.2. The van der Waals surface area contributed by atoms with Crippen LogP contribution in [0.5, 0.6) is 5.75 Å². The first kappa shape index (κ1) is 21.7. The van der Waals surface area contributed by atoms with Gasteiger partial charge in [-0.25, -0.2) is 5.43 Å². The fourth-order valence-corrected chi connectivity index (χ4v) is 3.45. The van der Waals surface area contributed by atoms with Crippen LogP contribution < -0.4 is 10.2 Å². The first-order valence-electron chi connectivity index (χ1n) is 9.75. The number of nitrogens with one attached hydrogen (secondary N) is 1. The number of amides is 1. The van der Waals surface area contributed by atoms with Gasteiger partial charge in [0.1, 0.15) is 17.3 Å². The molecule has 0 saturated heterocycles. The second kappa shape index (κ2) is 10.2. The van der Waals surface area contributed by atoms with Crippen molar-refractivity contribution < 1.29 is 13.9 Å². The molecule has 1 N–H and O–H groups in total.